The van der Waals surface area contributed by atoms with E-state index in [1.54, 1.807) is 0 Å². The van der Waals surface area contributed by atoms with Gasteiger partial charge in [-0.05, 0) is 103 Å². The zero-order valence-corrected chi connectivity index (χ0v) is 64.5. The molecule has 556 valence electrons. The maximum atomic E-state index is 12.9. The highest BCUT2D eigenvalue weighted by molar-refractivity contribution is 7.45. The predicted molar refractivity (Wildman–Crippen MR) is 415 cm³/mol. The molecule has 0 radical (unpaired) electrons. The maximum absolute atomic E-state index is 12.9. The van der Waals surface area contributed by atoms with E-state index in [4.69, 9.17) is 18.5 Å². The summed E-state index contributed by atoms with van der Waals surface area (Å²) in [4.78, 5) is 38.2. The van der Waals surface area contributed by atoms with Crippen LogP contribution in [-0.4, -0.2) is 70.0 Å². The molecule has 0 bridgehead atoms. The van der Waals surface area contributed by atoms with Crippen molar-refractivity contribution in [1.29, 1.82) is 0 Å². The highest BCUT2D eigenvalue weighted by Gasteiger charge is 2.22. The minimum absolute atomic E-state index is 0.0312. The minimum Gasteiger partial charge on any atom is -0.756 e. The second kappa shape index (κ2) is 75.9. The van der Waals surface area contributed by atoms with Gasteiger partial charge in [0.2, 0.25) is 0 Å². The number of likely N-dealkylation sites (N-methyl/N-ethyl adjacent to an activating group) is 1. The zero-order valence-electron chi connectivity index (χ0n) is 63.6. The molecule has 2 unspecified atom stereocenters. The van der Waals surface area contributed by atoms with Crippen molar-refractivity contribution in [3.63, 3.8) is 0 Å². The summed E-state index contributed by atoms with van der Waals surface area (Å²) >= 11 is 0. The molecule has 0 heterocycles. The third kappa shape index (κ3) is 79.7. The van der Waals surface area contributed by atoms with E-state index in [0.717, 1.165) is 89.9 Å². The molecule has 0 aliphatic rings. The van der Waals surface area contributed by atoms with Gasteiger partial charge in [-0.3, -0.25) is 14.2 Å². The molecule has 0 rings (SSSR count). The van der Waals surface area contributed by atoms with Crippen LogP contribution in [-0.2, 0) is 32.7 Å². The number of esters is 2. The molecular formula is C86H154NO8P. The number of nitrogens with zero attached hydrogens (tertiary/aromatic N) is 1. The Bertz CT molecular complexity index is 1990. The van der Waals surface area contributed by atoms with E-state index in [0.29, 0.717) is 17.4 Å². The SMILES string of the molecule is CC/C=C\C/C=C\C/C=C\C/C=C\C/C=C\C/C=C\C/C=C\CCCCCCCCCCCCCCCCCCCCCC(=O)OC(COC(=O)CCCCCCCCCCCCCCCCCCCCC/C=C\C/C=C\CCCCCCC)COP(=O)([O-])OCC[N+](C)(C)C. The fourth-order valence-corrected chi connectivity index (χ4v) is 12.3. The van der Waals surface area contributed by atoms with E-state index in [9.17, 15) is 19.0 Å². The Hall–Kier alpha value is -3.33. The fraction of sp³-hybridized carbons (Fsp3) is 0.767. The Morgan fingerprint density at radius 2 is 0.594 bits per heavy atom. The molecular weight excluding hydrogens is 1210 g/mol. The summed E-state index contributed by atoms with van der Waals surface area (Å²) in [6.07, 6.45) is 108. The summed E-state index contributed by atoms with van der Waals surface area (Å²) in [7, 11) is 1.18. The number of carbonyl (C=O) groups is 2. The first-order valence-electron chi connectivity index (χ1n) is 40.6. The van der Waals surface area contributed by atoms with Crippen LogP contribution in [0.3, 0.4) is 0 Å². The van der Waals surface area contributed by atoms with Gasteiger partial charge in [0.05, 0.1) is 27.7 Å². The number of phosphoric ester groups is 1. The third-order valence-electron chi connectivity index (χ3n) is 17.8. The molecule has 2 atom stereocenters. The van der Waals surface area contributed by atoms with Crippen molar-refractivity contribution in [3.05, 3.63) is 109 Å². The molecule has 0 saturated heterocycles. The van der Waals surface area contributed by atoms with Gasteiger partial charge >= 0.3 is 11.9 Å². The summed E-state index contributed by atoms with van der Waals surface area (Å²) in [6.45, 7) is 4.17. The van der Waals surface area contributed by atoms with Crippen molar-refractivity contribution in [2.24, 2.45) is 0 Å². The van der Waals surface area contributed by atoms with Gasteiger partial charge in [0, 0.05) is 12.8 Å². The monoisotopic (exact) mass is 1360 g/mol. The van der Waals surface area contributed by atoms with Crippen molar-refractivity contribution in [3.8, 4) is 0 Å². The van der Waals surface area contributed by atoms with E-state index < -0.39 is 26.5 Å². The van der Waals surface area contributed by atoms with Gasteiger partial charge < -0.3 is 27.9 Å². The summed E-state index contributed by atoms with van der Waals surface area (Å²) in [6, 6.07) is 0. The van der Waals surface area contributed by atoms with Crippen LogP contribution < -0.4 is 4.89 Å². The van der Waals surface area contributed by atoms with E-state index in [1.165, 1.54) is 250 Å². The number of ether oxygens (including phenoxy) is 2. The zero-order chi connectivity index (χ0) is 69.7. The van der Waals surface area contributed by atoms with E-state index >= 15 is 0 Å². The van der Waals surface area contributed by atoms with Crippen LogP contribution in [0.25, 0.3) is 0 Å². The average molecular weight is 1360 g/mol. The van der Waals surface area contributed by atoms with Crippen LogP contribution in [0.2, 0.25) is 0 Å². The molecule has 0 aromatic carbocycles. The highest BCUT2D eigenvalue weighted by atomic mass is 31.2. The molecule has 10 heteroatoms. The molecule has 0 aliphatic heterocycles. The lowest BCUT2D eigenvalue weighted by atomic mass is 10.0. The number of quaternary nitrogens is 1. The number of allylic oxidation sites excluding steroid dienone is 18. The Morgan fingerprint density at radius 1 is 0.333 bits per heavy atom. The Kier molecular flexibility index (Phi) is 73.2. The number of unbranched alkanes of at least 4 members (excludes halogenated alkanes) is 43. The van der Waals surface area contributed by atoms with Crippen molar-refractivity contribution in [2.45, 2.75) is 380 Å². The van der Waals surface area contributed by atoms with Gasteiger partial charge in [-0.2, -0.15) is 0 Å². The lowest BCUT2D eigenvalue weighted by Crippen LogP contribution is -2.37. The Balaban J connectivity index is 3.94. The second-order valence-corrected chi connectivity index (χ2v) is 29.8. The van der Waals surface area contributed by atoms with Gasteiger partial charge in [-0.1, -0.05) is 367 Å². The van der Waals surface area contributed by atoms with Crippen LogP contribution in [0.4, 0.5) is 0 Å². The van der Waals surface area contributed by atoms with Crippen molar-refractivity contribution < 1.29 is 42.1 Å². The lowest BCUT2D eigenvalue weighted by molar-refractivity contribution is -0.870. The van der Waals surface area contributed by atoms with E-state index in [1.807, 2.05) is 21.1 Å². The van der Waals surface area contributed by atoms with Crippen molar-refractivity contribution in [2.75, 3.05) is 47.5 Å². The first-order chi connectivity index (χ1) is 47.0. The number of hydrogen-bond acceptors (Lipinski definition) is 8. The van der Waals surface area contributed by atoms with Crippen LogP contribution in [0.5, 0.6) is 0 Å². The Labute approximate surface area is 595 Å². The normalized spacial score (nSPS) is 13.6. The molecule has 0 saturated carbocycles. The minimum atomic E-state index is -4.65. The largest absolute Gasteiger partial charge is 0.756 e. The lowest BCUT2D eigenvalue weighted by Gasteiger charge is -2.28. The molecule has 96 heavy (non-hydrogen) atoms. The molecule has 0 aromatic heterocycles. The molecule has 0 fully saturated rings. The van der Waals surface area contributed by atoms with E-state index in [2.05, 4.69) is 123 Å². The van der Waals surface area contributed by atoms with Gasteiger partial charge in [0.25, 0.3) is 7.82 Å². The second-order valence-electron chi connectivity index (χ2n) is 28.4. The number of hydrogen-bond donors (Lipinski definition) is 0. The standard InChI is InChI=1S/C86H154NO8P/c1-6-8-10-12-14-16-18-20-22-24-26-28-30-32-34-36-38-39-40-41-42-43-44-45-46-47-49-51-53-55-57-59-61-63-65-67-69-71-73-75-77-79-86(89)95-84(83-94-96(90,91)93-81-80-87(3,4)5)82-92-85(88)78-76-74-72-70-68-66-64-62-60-58-56-54-52-50-48-37-35-33-31-29-27-25-23-21-19-17-15-13-11-9-7-2/h8,10,14,16,19-22,25-28,32,34,38-39,41-42,84H,6-7,9,11-13,15,17-18,23-24,29-31,33,35-37,40,43-83H2,1-5H3/b10-8-,16-14-,21-19-,22-20-,27-25-,28-26-,34-32-,39-38-,42-41-. The van der Waals surface area contributed by atoms with Crippen molar-refractivity contribution >= 4 is 19.8 Å². The first kappa shape index (κ1) is 92.7. The fourth-order valence-electron chi connectivity index (χ4n) is 11.6. The van der Waals surface area contributed by atoms with Gasteiger partial charge in [0.1, 0.15) is 19.8 Å². The predicted octanol–water partition coefficient (Wildman–Crippen LogP) is 26.5. The number of carbonyl (C=O) groups excluding carboxylic acids is 2. The summed E-state index contributed by atoms with van der Waals surface area (Å²) < 4.78 is 34.4. The highest BCUT2D eigenvalue weighted by Crippen LogP contribution is 2.38. The maximum Gasteiger partial charge on any atom is 0.306 e. The summed E-state index contributed by atoms with van der Waals surface area (Å²) in [5, 5.41) is 0. The van der Waals surface area contributed by atoms with Gasteiger partial charge in [0.15, 0.2) is 6.10 Å². The quantitative estimate of drug-likeness (QED) is 0.0195. The average Bonchev–Trinajstić information content (AvgIpc) is 2.54. The Morgan fingerprint density at radius 3 is 0.885 bits per heavy atom. The van der Waals surface area contributed by atoms with Crippen LogP contribution in [0.15, 0.2) is 109 Å². The van der Waals surface area contributed by atoms with E-state index in [-0.39, 0.29) is 32.0 Å². The number of phosphoric acid groups is 1. The van der Waals surface area contributed by atoms with Crippen LogP contribution in [0, 0.1) is 0 Å². The van der Waals surface area contributed by atoms with Crippen LogP contribution >= 0.6 is 7.82 Å². The molecule has 0 N–H and O–H groups in total. The smallest absolute Gasteiger partial charge is 0.306 e. The summed E-state index contributed by atoms with van der Waals surface area (Å²) in [5.41, 5.74) is 0. The molecule has 0 aromatic rings. The third-order valence-corrected chi connectivity index (χ3v) is 18.7. The number of rotatable bonds is 75. The molecule has 0 amide bonds. The molecule has 9 nitrogen and oxygen atoms in total. The first-order valence-corrected chi connectivity index (χ1v) is 42.1. The topological polar surface area (TPSA) is 111 Å². The van der Waals surface area contributed by atoms with Crippen molar-refractivity contribution in [1.82, 2.24) is 0 Å². The molecule has 0 aliphatic carbocycles. The summed E-state index contributed by atoms with van der Waals surface area (Å²) in [5.74, 6) is -0.817. The molecule has 0 spiro atoms. The van der Waals surface area contributed by atoms with Gasteiger partial charge in [-0.25, -0.2) is 0 Å². The van der Waals surface area contributed by atoms with Crippen LogP contribution in [0.1, 0.15) is 373 Å². The van der Waals surface area contributed by atoms with Gasteiger partial charge in [-0.15, -0.1) is 0 Å².